The monoisotopic (exact) mass is 600 g/mol. The summed E-state index contributed by atoms with van der Waals surface area (Å²) in [6.07, 6.45) is 5.55. The van der Waals surface area contributed by atoms with Crippen molar-refractivity contribution < 1.29 is 33.3 Å². The SMILES string of the molecule is COCCn1cnc2c(F)cc(/C=C(\C)[C@H]3OC(=O)C[C@@H](O)CC[C@@H](C)[C@H](OC(=O)N4CCN(C)CC4)/C=C/[C@@H]3C)cc21. The van der Waals surface area contributed by atoms with Gasteiger partial charge in [0.15, 0.2) is 5.82 Å². The number of aromatic nitrogens is 2. The second kappa shape index (κ2) is 14.9. The molecule has 1 amide bonds. The third-order valence-electron chi connectivity index (χ3n) is 8.34. The van der Waals surface area contributed by atoms with Gasteiger partial charge in [-0.2, -0.15) is 0 Å². The molecule has 43 heavy (non-hydrogen) atoms. The van der Waals surface area contributed by atoms with Gasteiger partial charge in [-0.15, -0.1) is 0 Å². The fourth-order valence-electron chi connectivity index (χ4n) is 5.57. The molecular formula is C32H45FN4O6. The van der Waals surface area contributed by atoms with E-state index in [0.29, 0.717) is 55.7 Å². The first-order chi connectivity index (χ1) is 20.5. The summed E-state index contributed by atoms with van der Waals surface area (Å²) in [5.74, 6) is -1.32. The van der Waals surface area contributed by atoms with E-state index < -0.39 is 30.1 Å². The molecule has 1 aromatic carbocycles. The minimum absolute atomic E-state index is 0.0716. The van der Waals surface area contributed by atoms with Crippen molar-refractivity contribution >= 4 is 29.2 Å². The highest BCUT2D eigenvalue weighted by molar-refractivity contribution is 5.79. The summed E-state index contributed by atoms with van der Waals surface area (Å²) in [5, 5.41) is 10.6. The van der Waals surface area contributed by atoms with E-state index in [0.717, 1.165) is 13.1 Å². The first-order valence-electron chi connectivity index (χ1n) is 15.1. The number of carbonyl (C=O) groups excluding carboxylic acids is 2. The molecule has 5 atom stereocenters. The number of hydrogen-bond donors (Lipinski definition) is 1. The van der Waals surface area contributed by atoms with Crippen LogP contribution in [0.2, 0.25) is 0 Å². The number of amides is 1. The minimum Gasteiger partial charge on any atom is -0.457 e. The molecule has 0 radical (unpaired) electrons. The van der Waals surface area contributed by atoms with E-state index in [9.17, 15) is 19.1 Å². The number of piperazine rings is 1. The number of methoxy groups -OCH3 is 1. The number of hydrogen-bond acceptors (Lipinski definition) is 8. The van der Waals surface area contributed by atoms with E-state index in [4.69, 9.17) is 14.2 Å². The zero-order chi connectivity index (χ0) is 31.1. The number of ether oxygens (including phenoxy) is 3. The zero-order valence-corrected chi connectivity index (χ0v) is 25.9. The molecule has 1 fully saturated rings. The molecule has 236 valence electrons. The number of fused-ring (bicyclic) bond motifs is 1. The van der Waals surface area contributed by atoms with Gasteiger partial charge in [-0.25, -0.2) is 14.2 Å². The molecule has 0 spiro atoms. The third kappa shape index (κ3) is 8.64. The molecule has 2 aromatic rings. The molecule has 11 heteroatoms. The second-order valence-electron chi connectivity index (χ2n) is 11.9. The zero-order valence-electron chi connectivity index (χ0n) is 25.9. The highest BCUT2D eigenvalue weighted by Gasteiger charge is 2.29. The van der Waals surface area contributed by atoms with Crippen LogP contribution in [-0.4, -0.2) is 102 Å². The summed E-state index contributed by atoms with van der Waals surface area (Å²) in [5.41, 5.74) is 2.23. The Balaban J connectivity index is 1.59. The van der Waals surface area contributed by atoms with Crippen molar-refractivity contribution in [1.29, 1.82) is 0 Å². The van der Waals surface area contributed by atoms with Crippen molar-refractivity contribution in [2.24, 2.45) is 11.8 Å². The van der Waals surface area contributed by atoms with Crippen molar-refractivity contribution in [2.45, 2.75) is 64.9 Å². The van der Waals surface area contributed by atoms with Gasteiger partial charge in [0.05, 0.1) is 31.0 Å². The Morgan fingerprint density at radius 3 is 2.65 bits per heavy atom. The number of aliphatic hydroxyl groups excluding tert-OH is 1. The number of imidazole rings is 1. The molecule has 2 aliphatic heterocycles. The van der Waals surface area contributed by atoms with Crippen LogP contribution >= 0.6 is 0 Å². The summed E-state index contributed by atoms with van der Waals surface area (Å²) in [6.45, 7) is 9.53. The first-order valence-corrected chi connectivity index (χ1v) is 15.1. The Hall–Kier alpha value is -3.28. The van der Waals surface area contributed by atoms with E-state index in [1.807, 2.05) is 50.6 Å². The van der Waals surface area contributed by atoms with Gasteiger partial charge in [-0.3, -0.25) is 4.79 Å². The summed E-state index contributed by atoms with van der Waals surface area (Å²) in [7, 11) is 3.63. The number of cyclic esters (lactones) is 1. The molecule has 1 aromatic heterocycles. The number of aliphatic hydroxyl groups is 1. The lowest BCUT2D eigenvalue weighted by Gasteiger charge is -2.33. The maximum absolute atomic E-state index is 15.0. The number of esters is 1. The van der Waals surface area contributed by atoms with Crippen LogP contribution in [0, 0.1) is 17.7 Å². The molecule has 0 aliphatic carbocycles. The van der Waals surface area contributed by atoms with Crippen LogP contribution in [-0.2, 0) is 25.5 Å². The third-order valence-corrected chi connectivity index (χ3v) is 8.34. The van der Waals surface area contributed by atoms with Crippen LogP contribution < -0.4 is 0 Å². The Labute approximate surface area is 253 Å². The van der Waals surface area contributed by atoms with Gasteiger partial charge >= 0.3 is 12.1 Å². The molecule has 0 unspecified atom stereocenters. The molecule has 1 saturated heterocycles. The highest BCUT2D eigenvalue weighted by Crippen LogP contribution is 2.27. The van der Waals surface area contributed by atoms with Crippen LogP contribution in [0.25, 0.3) is 17.1 Å². The maximum Gasteiger partial charge on any atom is 0.410 e. The lowest BCUT2D eigenvalue weighted by Crippen LogP contribution is -2.48. The summed E-state index contributed by atoms with van der Waals surface area (Å²) >= 11 is 0. The van der Waals surface area contributed by atoms with E-state index in [1.165, 1.54) is 6.07 Å². The topological polar surface area (TPSA) is 106 Å². The van der Waals surface area contributed by atoms with Gasteiger partial charge in [-0.05, 0) is 62.1 Å². The first kappa shape index (κ1) is 32.6. The number of nitrogens with zero attached hydrogens (tertiary/aromatic N) is 4. The number of benzene rings is 1. The van der Waals surface area contributed by atoms with Crippen LogP contribution in [0.3, 0.4) is 0 Å². The van der Waals surface area contributed by atoms with Gasteiger partial charge in [0.1, 0.15) is 17.7 Å². The Morgan fingerprint density at radius 2 is 1.93 bits per heavy atom. The van der Waals surface area contributed by atoms with Crippen molar-refractivity contribution in [3.05, 3.63) is 47.6 Å². The lowest BCUT2D eigenvalue weighted by molar-refractivity contribution is -0.151. The van der Waals surface area contributed by atoms with Crippen LogP contribution in [0.15, 0.2) is 36.2 Å². The largest absolute Gasteiger partial charge is 0.457 e. The van der Waals surface area contributed by atoms with E-state index in [2.05, 4.69) is 9.88 Å². The highest BCUT2D eigenvalue weighted by atomic mass is 19.1. The molecule has 0 saturated carbocycles. The van der Waals surface area contributed by atoms with E-state index in [1.54, 1.807) is 24.4 Å². The molecule has 1 N–H and O–H groups in total. The number of carbonyl (C=O) groups is 2. The van der Waals surface area contributed by atoms with Crippen molar-refractivity contribution in [2.75, 3.05) is 46.9 Å². The van der Waals surface area contributed by atoms with E-state index >= 15 is 0 Å². The smallest absolute Gasteiger partial charge is 0.410 e. The predicted molar refractivity (Wildman–Crippen MR) is 162 cm³/mol. The van der Waals surface area contributed by atoms with Gasteiger partial charge < -0.3 is 33.7 Å². The maximum atomic E-state index is 15.0. The predicted octanol–water partition coefficient (Wildman–Crippen LogP) is 4.26. The Morgan fingerprint density at radius 1 is 1.19 bits per heavy atom. The number of halogens is 1. The number of likely N-dealkylation sites (N-methyl/N-ethyl adjacent to an activating group) is 1. The molecule has 4 rings (SSSR count). The average molecular weight is 601 g/mol. The van der Waals surface area contributed by atoms with Gasteiger partial charge in [0.25, 0.3) is 0 Å². The standard InChI is InChI=1S/C32H45FN4O6/c1-21-6-8-25(38)19-29(39)43-31(22(2)7-9-28(21)42-32(40)36-12-10-35(4)11-13-36)23(3)16-24-17-26(33)30-27(18-24)37(20-34-30)14-15-41-5/h7,9,16-18,20-22,25,28,31,38H,6,8,10-15,19H2,1-5H3/b9-7+,23-16+/t21-,22+,25+,28-,31+/m1/s1. The van der Waals surface area contributed by atoms with Crippen molar-refractivity contribution in [3.63, 3.8) is 0 Å². The fourth-order valence-corrected chi connectivity index (χ4v) is 5.57. The van der Waals surface area contributed by atoms with Crippen molar-refractivity contribution in [3.8, 4) is 0 Å². The second-order valence-corrected chi connectivity index (χ2v) is 11.9. The molecule has 2 aliphatic rings. The average Bonchev–Trinajstić information content (AvgIpc) is 3.38. The summed E-state index contributed by atoms with van der Waals surface area (Å²) in [4.78, 5) is 34.0. The fraction of sp³-hybridized carbons (Fsp3) is 0.594. The summed E-state index contributed by atoms with van der Waals surface area (Å²) < 4.78 is 33.9. The Kier molecular flexibility index (Phi) is 11.3. The lowest BCUT2D eigenvalue weighted by atomic mass is 9.91. The van der Waals surface area contributed by atoms with Crippen LogP contribution in [0.5, 0.6) is 0 Å². The normalized spacial score (nSPS) is 27.3. The minimum atomic E-state index is -0.878. The number of rotatable bonds is 6. The van der Waals surface area contributed by atoms with Gasteiger partial charge in [0, 0.05) is 45.8 Å². The van der Waals surface area contributed by atoms with Crippen LogP contribution in [0.4, 0.5) is 9.18 Å². The van der Waals surface area contributed by atoms with Gasteiger partial charge in [0.2, 0.25) is 0 Å². The quantitative estimate of drug-likeness (QED) is 0.387. The van der Waals surface area contributed by atoms with Gasteiger partial charge in [-0.1, -0.05) is 26.0 Å². The van der Waals surface area contributed by atoms with E-state index in [-0.39, 0.29) is 29.9 Å². The Bertz CT molecular complexity index is 1320. The molecule has 10 nitrogen and oxygen atoms in total. The molecule has 3 heterocycles. The van der Waals surface area contributed by atoms with Crippen molar-refractivity contribution in [1.82, 2.24) is 19.4 Å². The van der Waals surface area contributed by atoms with Crippen LogP contribution in [0.1, 0.15) is 45.6 Å². The molecular weight excluding hydrogens is 555 g/mol. The molecule has 0 bridgehead atoms. The summed E-state index contributed by atoms with van der Waals surface area (Å²) in [6, 6.07) is 3.26.